The van der Waals surface area contributed by atoms with Crippen molar-refractivity contribution in [1.29, 1.82) is 0 Å². The smallest absolute Gasteiger partial charge is 0.337 e. The first-order valence-corrected chi connectivity index (χ1v) is 8.44. The number of aromatic nitrogens is 4. The van der Waals surface area contributed by atoms with Gasteiger partial charge >= 0.3 is 5.69 Å². The van der Waals surface area contributed by atoms with Crippen LogP contribution < -0.4 is 16.0 Å². The molecule has 0 N–H and O–H groups in total. The van der Waals surface area contributed by atoms with Crippen molar-refractivity contribution in [2.45, 2.75) is 26.9 Å². The third kappa shape index (κ3) is 2.85. The van der Waals surface area contributed by atoms with Gasteiger partial charge in [0.25, 0.3) is 5.56 Å². The number of allylic oxidation sites excluding steroid dienone is 1. The van der Waals surface area contributed by atoms with Crippen molar-refractivity contribution in [2.24, 2.45) is 5.92 Å². The fourth-order valence-corrected chi connectivity index (χ4v) is 3.02. The predicted octanol–water partition coefficient (Wildman–Crippen LogP) is 2.20. The van der Waals surface area contributed by atoms with E-state index in [4.69, 9.17) is 4.74 Å². The molecule has 0 spiro atoms. The van der Waals surface area contributed by atoms with Gasteiger partial charge in [-0.1, -0.05) is 32.1 Å². The van der Waals surface area contributed by atoms with Crippen molar-refractivity contribution >= 4 is 11.2 Å². The standard InChI is InChI=1S/C19H22N4O3/c1-5-10-21-12-20-17-16(21)18(24)22(11-13(2)3)19(25)23(17)14-8-6-7-9-15(14)26-4/h5-9,12-13H,1,10-11H2,2-4H3. The van der Waals surface area contributed by atoms with Gasteiger partial charge in [0.1, 0.15) is 5.75 Å². The van der Waals surface area contributed by atoms with E-state index in [1.807, 2.05) is 26.0 Å². The van der Waals surface area contributed by atoms with Crippen LogP contribution in [0.25, 0.3) is 16.9 Å². The van der Waals surface area contributed by atoms with Crippen LogP contribution in [0.1, 0.15) is 13.8 Å². The molecule has 26 heavy (non-hydrogen) atoms. The summed E-state index contributed by atoms with van der Waals surface area (Å²) in [6.07, 6.45) is 3.24. The topological polar surface area (TPSA) is 71.0 Å². The highest BCUT2D eigenvalue weighted by atomic mass is 16.5. The Labute approximate surface area is 150 Å². The lowest BCUT2D eigenvalue weighted by Gasteiger charge is -2.15. The number of hydrogen-bond acceptors (Lipinski definition) is 4. The van der Waals surface area contributed by atoms with E-state index in [0.717, 1.165) is 0 Å². The minimum absolute atomic E-state index is 0.139. The average Bonchev–Trinajstić information content (AvgIpc) is 3.03. The van der Waals surface area contributed by atoms with Gasteiger partial charge in [0.05, 0.1) is 19.1 Å². The summed E-state index contributed by atoms with van der Waals surface area (Å²) in [6, 6.07) is 7.18. The molecule has 0 bridgehead atoms. The summed E-state index contributed by atoms with van der Waals surface area (Å²) in [7, 11) is 1.54. The van der Waals surface area contributed by atoms with Gasteiger partial charge in [-0.3, -0.25) is 9.36 Å². The van der Waals surface area contributed by atoms with Crippen molar-refractivity contribution in [2.75, 3.05) is 7.11 Å². The Hall–Kier alpha value is -3.09. The lowest BCUT2D eigenvalue weighted by molar-refractivity contribution is 0.411. The highest BCUT2D eigenvalue weighted by Gasteiger charge is 2.21. The first-order chi connectivity index (χ1) is 12.5. The zero-order chi connectivity index (χ0) is 18.8. The molecular formula is C19H22N4O3. The minimum atomic E-state index is -0.426. The molecule has 0 saturated carbocycles. The molecule has 136 valence electrons. The number of para-hydroxylation sites is 2. The number of nitrogens with zero attached hydrogens (tertiary/aromatic N) is 4. The Morgan fingerprint density at radius 3 is 2.65 bits per heavy atom. The minimum Gasteiger partial charge on any atom is -0.495 e. The molecule has 0 aliphatic heterocycles. The van der Waals surface area contributed by atoms with Gasteiger partial charge in [0.15, 0.2) is 11.2 Å². The molecule has 0 atom stereocenters. The number of ether oxygens (including phenoxy) is 1. The van der Waals surface area contributed by atoms with Gasteiger partial charge in [-0.2, -0.15) is 0 Å². The largest absolute Gasteiger partial charge is 0.495 e. The third-order valence-electron chi connectivity index (χ3n) is 4.10. The summed E-state index contributed by atoms with van der Waals surface area (Å²) >= 11 is 0. The molecule has 2 aromatic heterocycles. The Bertz CT molecular complexity index is 1070. The molecule has 0 aliphatic carbocycles. The van der Waals surface area contributed by atoms with Crippen LogP contribution in [0.4, 0.5) is 0 Å². The highest BCUT2D eigenvalue weighted by molar-refractivity contribution is 5.73. The Kier molecular flexibility index (Phi) is 4.79. The third-order valence-corrected chi connectivity index (χ3v) is 4.10. The number of methoxy groups -OCH3 is 1. The number of imidazole rings is 1. The predicted molar refractivity (Wildman–Crippen MR) is 101 cm³/mol. The van der Waals surface area contributed by atoms with Crippen LogP contribution in [-0.4, -0.2) is 25.8 Å². The van der Waals surface area contributed by atoms with Crippen LogP contribution in [0.5, 0.6) is 5.75 Å². The summed E-state index contributed by atoms with van der Waals surface area (Å²) in [4.78, 5) is 30.5. The second-order valence-electron chi connectivity index (χ2n) is 6.46. The van der Waals surface area contributed by atoms with Gasteiger partial charge < -0.3 is 9.30 Å². The van der Waals surface area contributed by atoms with E-state index >= 15 is 0 Å². The monoisotopic (exact) mass is 354 g/mol. The Morgan fingerprint density at radius 1 is 1.27 bits per heavy atom. The molecular weight excluding hydrogens is 332 g/mol. The summed E-state index contributed by atoms with van der Waals surface area (Å²) in [5.41, 5.74) is 0.461. The van der Waals surface area contributed by atoms with Crippen LogP contribution in [-0.2, 0) is 13.1 Å². The molecule has 0 amide bonds. The van der Waals surface area contributed by atoms with Crippen LogP contribution >= 0.6 is 0 Å². The normalized spacial score (nSPS) is 11.2. The summed E-state index contributed by atoms with van der Waals surface area (Å²) in [5, 5.41) is 0. The quantitative estimate of drug-likeness (QED) is 0.636. The second-order valence-corrected chi connectivity index (χ2v) is 6.46. The first-order valence-electron chi connectivity index (χ1n) is 8.44. The van der Waals surface area contributed by atoms with Crippen LogP contribution in [0, 0.1) is 5.92 Å². The fraction of sp³-hybridized carbons (Fsp3) is 0.316. The van der Waals surface area contributed by atoms with E-state index in [1.165, 1.54) is 9.13 Å². The van der Waals surface area contributed by atoms with Gasteiger partial charge in [0.2, 0.25) is 0 Å². The molecule has 2 heterocycles. The molecule has 0 saturated heterocycles. The van der Waals surface area contributed by atoms with Crippen molar-refractivity contribution in [3.05, 3.63) is 64.1 Å². The second kappa shape index (κ2) is 7.03. The van der Waals surface area contributed by atoms with Crippen LogP contribution in [0.3, 0.4) is 0 Å². The van der Waals surface area contributed by atoms with E-state index in [0.29, 0.717) is 35.7 Å². The first kappa shape index (κ1) is 17.7. The highest BCUT2D eigenvalue weighted by Crippen LogP contribution is 2.23. The summed E-state index contributed by atoms with van der Waals surface area (Å²) < 4.78 is 9.82. The number of hydrogen-bond donors (Lipinski definition) is 0. The van der Waals surface area contributed by atoms with Crippen molar-refractivity contribution in [3.8, 4) is 11.4 Å². The SMILES string of the molecule is C=CCn1cnc2c1c(=O)n(CC(C)C)c(=O)n2-c1ccccc1OC. The van der Waals surface area contributed by atoms with Crippen LogP contribution in [0.2, 0.25) is 0 Å². The maximum absolute atomic E-state index is 13.2. The number of rotatable bonds is 6. The van der Waals surface area contributed by atoms with E-state index < -0.39 is 5.69 Å². The van der Waals surface area contributed by atoms with Crippen LogP contribution in [0.15, 0.2) is 52.8 Å². The fourth-order valence-electron chi connectivity index (χ4n) is 3.02. The van der Waals surface area contributed by atoms with E-state index in [-0.39, 0.29) is 11.5 Å². The molecule has 0 fully saturated rings. The van der Waals surface area contributed by atoms with Gasteiger partial charge in [-0.15, -0.1) is 6.58 Å². The lowest BCUT2D eigenvalue weighted by atomic mass is 10.2. The van der Waals surface area contributed by atoms with Gasteiger partial charge in [-0.25, -0.2) is 14.3 Å². The van der Waals surface area contributed by atoms with Crippen molar-refractivity contribution < 1.29 is 4.74 Å². The summed E-state index contributed by atoms with van der Waals surface area (Å²) in [6.45, 7) is 8.40. The molecule has 0 aliphatic rings. The molecule has 7 heteroatoms. The molecule has 3 aromatic rings. The van der Waals surface area contributed by atoms with Crippen molar-refractivity contribution in [1.82, 2.24) is 18.7 Å². The van der Waals surface area contributed by atoms with E-state index in [2.05, 4.69) is 11.6 Å². The maximum Gasteiger partial charge on any atom is 0.337 e. The molecule has 0 radical (unpaired) electrons. The van der Waals surface area contributed by atoms with Gasteiger partial charge in [0, 0.05) is 13.1 Å². The maximum atomic E-state index is 13.2. The van der Waals surface area contributed by atoms with E-state index in [9.17, 15) is 9.59 Å². The number of benzene rings is 1. The average molecular weight is 354 g/mol. The molecule has 0 unspecified atom stereocenters. The molecule has 3 rings (SSSR count). The molecule has 1 aromatic carbocycles. The van der Waals surface area contributed by atoms with E-state index in [1.54, 1.807) is 36.2 Å². The number of fused-ring (bicyclic) bond motifs is 1. The van der Waals surface area contributed by atoms with Crippen molar-refractivity contribution in [3.63, 3.8) is 0 Å². The Balaban J connectivity index is 2.47. The zero-order valence-electron chi connectivity index (χ0n) is 15.2. The molecule has 7 nitrogen and oxygen atoms in total. The van der Waals surface area contributed by atoms with Gasteiger partial charge in [-0.05, 0) is 18.1 Å². The summed E-state index contributed by atoms with van der Waals surface area (Å²) in [5.74, 6) is 0.670. The Morgan fingerprint density at radius 2 is 2.00 bits per heavy atom. The zero-order valence-corrected chi connectivity index (χ0v) is 15.2. The lowest BCUT2D eigenvalue weighted by Crippen LogP contribution is -2.41.